The third kappa shape index (κ3) is 3.65. The van der Waals surface area contributed by atoms with Gasteiger partial charge in [0.2, 0.25) is 17.6 Å². The largest absolute Gasteiger partial charge is 0.339 e. The van der Waals surface area contributed by atoms with E-state index in [1.165, 1.54) is 18.3 Å². The van der Waals surface area contributed by atoms with Crippen molar-refractivity contribution in [1.82, 2.24) is 10.1 Å². The fourth-order valence-electron chi connectivity index (χ4n) is 2.51. The minimum atomic E-state index is -0.244. The number of carbonyl (C=O) groups is 2. The summed E-state index contributed by atoms with van der Waals surface area (Å²) in [6.07, 6.45) is 0. The summed E-state index contributed by atoms with van der Waals surface area (Å²) in [7, 11) is 0. The average molecular weight is 370 g/mol. The van der Waals surface area contributed by atoms with Crippen molar-refractivity contribution in [2.75, 3.05) is 10.6 Å². The number of thiophene rings is 1. The zero-order valence-corrected chi connectivity index (χ0v) is 15.7. The Balaban J connectivity index is 1.85. The summed E-state index contributed by atoms with van der Waals surface area (Å²) in [5.41, 5.74) is 2.53. The fraction of sp³-hybridized carbons (Fsp3) is 0.222. The molecule has 1 aromatic carbocycles. The lowest BCUT2D eigenvalue weighted by molar-refractivity contribution is -0.114. The summed E-state index contributed by atoms with van der Waals surface area (Å²) in [5, 5.41) is 9.55. The molecule has 2 aromatic heterocycles. The van der Waals surface area contributed by atoms with Gasteiger partial charge in [0.25, 0.3) is 5.91 Å². The molecular weight excluding hydrogens is 352 g/mol. The summed E-state index contributed by atoms with van der Waals surface area (Å²) in [6, 6.07) is 7.05. The van der Waals surface area contributed by atoms with Crippen molar-refractivity contribution < 1.29 is 14.1 Å². The Kier molecular flexibility index (Phi) is 4.85. The van der Waals surface area contributed by atoms with E-state index in [-0.39, 0.29) is 11.8 Å². The summed E-state index contributed by atoms with van der Waals surface area (Å²) in [4.78, 5) is 30.0. The lowest BCUT2D eigenvalue weighted by Gasteiger charge is -2.11. The molecule has 0 unspecified atom stereocenters. The number of rotatable bonds is 4. The SMILES string of the molecule is CC(=O)Nc1cccc(C(=O)Nc2cc(-c3noc(C)n3)sc2C)c1C. The van der Waals surface area contributed by atoms with Crippen molar-refractivity contribution in [1.29, 1.82) is 0 Å². The van der Waals surface area contributed by atoms with E-state index in [9.17, 15) is 9.59 Å². The molecule has 3 aromatic rings. The Morgan fingerprint density at radius 1 is 1.12 bits per heavy atom. The highest BCUT2D eigenvalue weighted by atomic mass is 32.1. The molecule has 8 heteroatoms. The van der Waals surface area contributed by atoms with Crippen LogP contribution >= 0.6 is 11.3 Å². The first-order valence-corrected chi connectivity index (χ1v) is 8.76. The number of hydrogen-bond donors (Lipinski definition) is 2. The van der Waals surface area contributed by atoms with E-state index in [0.29, 0.717) is 34.2 Å². The van der Waals surface area contributed by atoms with Crippen molar-refractivity contribution in [3.8, 4) is 10.7 Å². The molecule has 0 radical (unpaired) electrons. The maximum absolute atomic E-state index is 12.7. The number of aromatic nitrogens is 2. The van der Waals surface area contributed by atoms with Gasteiger partial charge < -0.3 is 15.2 Å². The Labute approximate surface area is 154 Å². The van der Waals surface area contributed by atoms with Gasteiger partial charge in [0.1, 0.15) is 0 Å². The van der Waals surface area contributed by atoms with Gasteiger partial charge in [-0.05, 0) is 37.6 Å². The molecule has 2 amide bonds. The minimum absolute atomic E-state index is 0.181. The van der Waals surface area contributed by atoms with Gasteiger partial charge in [0.05, 0.1) is 10.6 Å². The number of benzene rings is 1. The normalized spacial score (nSPS) is 10.6. The van der Waals surface area contributed by atoms with Crippen LogP contribution in [0.5, 0.6) is 0 Å². The topological polar surface area (TPSA) is 97.1 Å². The predicted octanol–water partition coefficient (Wildman–Crippen LogP) is 3.93. The van der Waals surface area contributed by atoms with E-state index in [0.717, 1.165) is 9.75 Å². The third-order valence-corrected chi connectivity index (χ3v) is 4.85. The van der Waals surface area contributed by atoms with Gasteiger partial charge in [-0.25, -0.2) is 0 Å². The Bertz CT molecular complexity index is 990. The van der Waals surface area contributed by atoms with Crippen LogP contribution < -0.4 is 10.6 Å². The maximum atomic E-state index is 12.7. The number of aryl methyl sites for hydroxylation is 2. The lowest BCUT2D eigenvalue weighted by Crippen LogP contribution is -2.15. The first kappa shape index (κ1) is 17.8. The van der Waals surface area contributed by atoms with E-state index >= 15 is 0 Å². The van der Waals surface area contributed by atoms with Gasteiger partial charge in [0, 0.05) is 30.0 Å². The van der Waals surface area contributed by atoms with E-state index in [2.05, 4.69) is 20.8 Å². The van der Waals surface area contributed by atoms with Crippen molar-refractivity contribution in [3.63, 3.8) is 0 Å². The molecule has 0 aliphatic heterocycles. The summed E-state index contributed by atoms with van der Waals surface area (Å²) < 4.78 is 5.00. The molecule has 0 spiro atoms. The van der Waals surface area contributed by atoms with Gasteiger partial charge in [-0.2, -0.15) is 4.98 Å². The Hall–Kier alpha value is -3.00. The zero-order chi connectivity index (χ0) is 18.8. The molecule has 7 nitrogen and oxygen atoms in total. The van der Waals surface area contributed by atoms with E-state index in [4.69, 9.17) is 4.52 Å². The van der Waals surface area contributed by atoms with E-state index in [1.54, 1.807) is 32.0 Å². The maximum Gasteiger partial charge on any atom is 0.256 e. The van der Waals surface area contributed by atoms with Crippen LogP contribution in [0, 0.1) is 20.8 Å². The standard InChI is InChI=1S/C18H18N4O3S/c1-9-13(6-5-7-14(9)19-11(3)23)18(24)21-15-8-16(26-10(15)2)17-20-12(4)25-22-17/h5-8H,1-4H3,(H,19,23)(H,21,24). The van der Waals surface area contributed by atoms with Gasteiger partial charge in [-0.1, -0.05) is 11.2 Å². The molecule has 0 saturated carbocycles. The van der Waals surface area contributed by atoms with Crippen molar-refractivity contribution in [2.24, 2.45) is 0 Å². The molecule has 26 heavy (non-hydrogen) atoms. The number of hydrogen-bond acceptors (Lipinski definition) is 6. The Morgan fingerprint density at radius 3 is 2.54 bits per heavy atom. The van der Waals surface area contributed by atoms with Gasteiger partial charge in [-0.3, -0.25) is 9.59 Å². The average Bonchev–Trinajstić information content (AvgIpc) is 3.15. The molecule has 0 bridgehead atoms. The molecule has 0 atom stereocenters. The first-order valence-electron chi connectivity index (χ1n) is 7.95. The number of nitrogens with zero attached hydrogens (tertiary/aromatic N) is 2. The second-order valence-corrected chi connectivity index (χ2v) is 7.09. The highest BCUT2D eigenvalue weighted by Crippen LogP contribution is 2.33. The second kappa shape index (κ2) is 7.09. The molecule has 0 fully saturated rings. The van der Waals surface area contributed by atoms with Crippen molar-refractivity contribution >= 4 is 34.5 Å². The summed E-state index contributed by atoms with van der Waals surface area (Å²) in [6.45, 7) is 6.87. The molecule has 134 valence electrons. The predicted molar refractivity (Wildman–Crippen MR) is 101 cm³/mol. The highest BCUT2D eigenvalue weighted by molar-refractivity contribution is 7.16. The molecule has 2 N–H and O–H groups in total. The van der Waals surface area contributed by atoms with E-state index in [1.807, 2.05) is 13.0 Å². The number of amides is 2. The van der Waals surface area contributed by atoms with Crippen molar-refractivity contribution in [2.45, 2.75) is 27.7 Å². The third-order valence-electron chi connectivity index (χ3n) is 3.80. The van der Waals surface area contributed by atoms with Crippen LogP contribution in [0.15, 0.2) is 28.8 Å². The van der Waals surface area contributed by atoms with Crippen LogP contribution in [0.2, 0.25) is 0 Å². The molecule has 0 aliphatic rings. The van der Waals surface area contributed by atoms with Gasteiger partial charge >= 0.3 is 0 Å². The molecule has 0 aliphatic carbocycles. The lowest BCUT2D eigenvalue weighted by atomic mass is 10.1. The van der Waals surface area contributed by atoms with Crippen LogP contribution in [0.4, 0.5) is 11.4 Å². The monoisotopic (exact) mass is 370 g/mol. The quantitative estimate of drug-likeness (QED) is 0.725. The number of anilines is 2. The second-order valence-electron chi connectivity index (χ2n) is 5.83. The van der Waals surface area contributed by atoms with Crippen molar-refractivity contribution in [3.05, 3.63) is 46.2 Å². The number of nitrogens with one attached hydrogen (secondary N) is 2. The summed E-state index contributed by atoms with van der Waals surface area (Å²) >= 11 is 1.48. The molecule has 3 rings (SSSR count). The smallest absolute Gasteiger partial charge is 0.256 e. The van der Waals surface area contributed by atoms with Crippen LogP contribution in [0.1, 0.15) is 33.6 Å². The van der Waals surface area contributed by atoms with E-state index < -0.39 is 0 Å². The summed E-state index contributed by atoms with van der Waals surface area (Å²) in [5.74, 6) is 0.563. The van der Waals surface area contributed by atoms with Gasteiger partial charge in [0.15, 0.2) is 0 Å². The fourth-order valence-corrected chi connectivity index (χ4v) is 3.41. The van der Waals surface area contributed by atoms with Crippen LogP contribution in [-0.2, 0) is 4.79 Å². The molecular formula is C18H18N4O3S. The Morgan fingerprint density at radius 2 is 1.88 bits per heavy atom. The van der Waals surface area contributed by atoms with Crippen LogP contribution in [-0.4, -0.2) is 22.0 Å². The van der Waals surface area contributed by atoms with Crippen LogP contribution in [0.25, 0.3) is 10.7 Å². The molecule has 0 saturated heterocycles. The first-order chi connectivity index (χ1) is 12.3. The van der Waals surface area contributed by atoms with Crippen LogP contribution in [0.3, 0.4) is 0 Å². The van der Waals surface area contributed by atoms with Gasteiger partial charge in [-0.15, -0.1) is 11.3 Å². The highest BCUT2D eigenvalue weighted by Gasteiger charge is 2.17. The zero-order valence-electron chi connectivity index (χ0n) is 14.8. The number of carbonyl (C=O) groups excluding carboxylic acids is 2. The molecule has 2 heterocycles. The minimum Gasteiger partial charge on any atom is -0.339 e.